The predicted octanol–water partition coefficient (Wildman–Crippen LogP) is 3.49. The van der Waals surface area contributed by atoms with E-state index >= 15 is 0 Å². The van der Waals surface area contributed by atoms with Gasteiger partial charge >= 0.3 is 0 Å². The Hall–Kier alpha value is -0.510. The van der Waals surface area contributed by atoms with Crippen LogP contribution < -0.4 is 5.32 Å². The molecule has 0 heterocycles. The zero-order valence-corrected chi connectivity index (χ0v) is 11.8. The van der Waals surface area contributed by atoms with Gasteiger partial charge in [-0.15, -0.1) is 11.8 Å². The normalized spacial score (nSPS) is 12.6. The van der Waals surface area contributed by atoms with Gasteiger partial charge < -0.3 is 10.1 Å². The first-order valence-electron chi connectivity index (χ1n) is 6.23. The molecule has 0 saturated carbocycles. The monoisotopic (exact) mass is 253 g/mol. The third kappa shape index (κ3) is 5.57. The van der Waals surface area contributed by atoms with Crippen LogP contribution in [0.4, 0.5) is 0 Å². The quantitative estimate of drug-likeness (QED) is 0.566. The molecule has 0 aliphatic heterocycles. The fourth-order valence-corrected chi connectivity index (χ4v) is 2.48. The van der Waals surface area contributed by atoms with Gasteiger partial charge in [-0.05, 0) is 37.6 Å². The van der Waals surface area contributed by atoms with Gasteiger partial charge in [-0.3, -0.25) is 0 Å². The van der Waals surface area contributed by atoms with Crippen LogP contribution in [-0.2, 0) is 4.74 Å². The Labute approximate surface area is 109 Å². The second-order valence-electron chi connectivity index (χ2n) is 4.09. The summed E-state index contributed by atoms with van der Waals surface area (Å²) in [6.45, 7) is 6.28. The van der Waals surface area contributed by atoms with E-state index in [-0.39, 0.29) is 0 Å². The van der Waals surface area contributed by atoms with Crippen LogP contribution in [0.1, 0.15) is 31.9 Å². The Morgan fingerprint density at radius 1 is 1.41 bits per heavy atom. The third-order valence-electron chi connectivity index (χ3n) is 2.61. The lowest BCUT2D eigenvalue weighted by atomic mass is 10.1. The second-order valence-corrected chi connectivity index (χ2v) is 5.26. The molecule has 2 nitrogen and oxygen atoms in total. The van der Waals surface area contributed by atoms with E-state index < -0.39 is 0 Å². The van der Waals surface area contributed by atoms with Crippen LogP contribution in [0, 0.1) is 0 Å². The van der Waals surface area contributed by atoms with Gasteiger partial charge in [-0.25, -0.2) is 0 Å². The summed E-state index contributed by atoms with van der Waals surface area (Å²) >= 11 is 1.85. The maximum atomic E-state index is 5.06. The van der Waals surface area contributed by atoms with Crippen LogP contribution in [-0.4, -0.2) is 26.0 Å². The number of ether oxygens (including phenoxy) is 1. The number of nitrogens with one attached hydrogen (secondary N) is 1. The number of benzene rings is 1. The number of methoxy groups -OCH3 is 1. The molecule has 0 amide bonds. The number of hydrogen-bond donors (Lipinski definition) is 1. The zero-order chi connectivity index (χ0) is 12.5. The fraction of sp³-hybridized carbons (Fsp3) is 0.571. The molecule has 0 fully saturated rings. The van der Waals surface area contributed by atoms with Crippen molar-refractivity contribution in [2.24, 2.45) is 0 Å². The average molecular weight is 253 g/mol. The van der Waals surface area contributed by atoms with Crippen molar-refractivity contribution in [2.45, 2.75) is 31.2 Å². The first kappa shape index (κ1) is 14.6. The third-order valence-corrected chi connectivity index (χ3v) is 3.57. The molecule has 1 unspecified atom stereocenters. The predicted molar refractivity (Wildman–Crippen MR) is 75.8 cm³/mol. The Morgan fingerprint density at radius 3 is 2.94 bits per heavy atom. The van der Waals surface area contributed by atoms with Crippen LogP contribution in [0.2, 0.25) is 0 Å². The van der Waals surface area contributed by atoms with E-state index in [2.05, 4.69) is 43.4 Å². The summed E-state index contributed by atoms with van der Waals surface area (Å²) in [5, 5.41) is 3.51. The van der Waals surface area contributed by atoms with Crippen LogP contribution >= 0.6 is 11.8 Å². The number of rotatable bonds is 8. The van der Waals surface area contributed by atoms with E-state index in [9.17, 15) is 0 Å². The lowest BCUT2D eigenvalue weighted by molar-refractivity contribution is 0.218. The van der Waals surface area contributed by atoms with Gasteiger partial charge in [0.1, 0.15) is 0 Å². The van der Waals surface area contributed by atoms with Crippen molar-refractivity contribution in [3.05, 3.63) is 29.8 Å². The highest BCUT2D eigenvalue weighted by Gasteiger charge is 2.04. The molecule has 0 bridgehead atoms. The van der Waals surface area contributed by atoms with Gasteiger partial charge in [0.2, 0.25) is 0 Å². The van der Waals surface area contributed by atoms with Crippen molar-refractivity contribution in [3.8, 4) is 0 Å². The summed E-state index contributed by atoms with van der Waals surface area (Å²) in [4.78, 5) is 1.32. The average Bonchev–Trinajstić information content (AvgIpc) is 2.36. The van der Waals surface area contributed by atoms with Crippen molar-refractivity contribution >= 4 is 11.8 Å². The van der Waals surface area contributed by atoms with E-state index in [1.807, 2.05) is 11.8 Å². The lowest BCUT2D eigenvalue weighted by Gasteiger charge is -2.14. The molecule has 0 aliphatic carbocycles. The Morgan fingerprint density at radius 2 is 2.24 bits per heavy atom. The van der Waals surface area contributed by atoms with Crippen LogP contribution in [0.5, 0.6) is 0 Å². The Bertz CT molecular complexity index is 317. The van der Waals surface area contributed by atoms with E-state index in [1.54, 1.807) is 7.11 Å². The molecular formula is C14H23NOS. The van der Waals surface area contributed by atoms with E-state index in [0.717, 1.165) is 18.9 Å². The van der Waals surface area contributed by atoms with Gasteiger partial charge in [-0.2, -0.15) is 0 Å². The molecule has 1 rings (SSSR count). The summed E-state index contributed by atoms with van der Waals surface area (Å²) in [6.07, 6.45) is 1.17. The summed E-state index contributed by atoms with van der Waals surface area (Å²) in [5.41, 5.74) is 1.36. The molecule has 0 saturated heterocycles. The highest BCUT2D eigenvalue weighted by atomic mass is 32.2. The van der Waals surface area contributed by atoms with Crippen LogP contribution in [0.15, 0.2) is 29.2 Å². The highest BCUT2D eigenvalue weighted by Crippen LogP contribution is 2.22. The van der Waals surface area contributed by atoms with E-state index in [0.29, 0.717) is 6.04 Å². The second kappa shape index (κ2) is 8.56. The maximum Gasteiger partial charge on any atom is 0.0556 e. The molecule has 0 aromatic heterocycles. The molecule has 1 N–H and O–H groups in total. The van der Waals surface area contributed by atoms with Gasteiger partial charge in [0.05, 0.1) is 6.61 Å². The van der Waals surface area contributed by atoms with E-state index in [4.69, 9.17) is 4.74 Å². The zero-order valence-electron chi connectivity index (χ0n) is 11.0. The van der Waals surface area contributed by atoms with Crippen LogP contribution in [0.25, 0.3) is 0 Å². The standard InChI is InChI=1S/C14H23NOS/c1-4-8-15-12(2)13-6-5-7-14(11-13)17-10-9-16-3/h5-7,11-12,15H,4,8-10H2,1-3H3. The molecule has 0 aliphatic rings. The minimum absolute atomic E-state index is 0.429. The topological polar surface area (TPSA) is 21.3 Å². The lowest BCUT2D eigenvalue weighted by Crippen LogP contribution is -2.19. The molecule has 0 spiro atoms. The minimum Gasteiger partial charge on any atom is -0.384 e. The van der Waals surface area contributed by atoms with Gasteiger partial charge in [0.15, 0.2) is 0 Å². The first-order chi connectivity index (χ1) is 8.27. The number of thioether (sulfide) groups is 1. The van der Waals surface area contributed by atoms with Gasteiger partial charge in [-0.1, -0.05) is 19.1 Å². The molecule has 1 atom stereocenters. The Balaban J connectivity index is 2.52. The summed E-state index contributed by atoms with van der Waals surface area (Å²) in [5.74, 6) is 1.01. The highest BCUT2D eigenvalue weighted by molar-refractivity contribution is 7.99. The molecule has 3 heteroatoms. The van der Waals surface area contributed by atoms with Crippen molar-refractivity contribution in [1.82, 2.24) is 5.32 Å². The van der Waals surface area contributed by atoms with Crippen molar-refractivity contribution in [3.63, 3.8) is 0 Å². The molecule has 0 radical (unpaired) electrons. The SMILES string of the molecule is CCCNC(C)c1cccc(SCCOC)c1. The molecule has 96 valence electrons. The molecule has 1 aromatic rings. The maximum absolute atomic E-state index is 5.06. The molecular weight excluding hydrogens is 230 g/mol. The van der Waals surface area contributed by atoms with Gasteiger partial charge in [0.25, 0.3) is 0 Å². The largest absolute Gasteiger partial charge is 0.384 e. The Kier molecular flexibility index (Phi) is 7.33. The summed E-state index contributed by atoms with van der Waals surface area (Å²) < 4.78 is 5.06. The fourth-order valence-electron chi connectivity index (χ4n) is 1.60. The van der Waals surface area contributed by atoms with Crippen LogP contribution in [0.3, 0.4) is 0 Å². The molecule has 1 aromatic carbocycles. The summed E-state index contributed by atoms with van der Waals surface area (Å²) in [7, 11) is 1.74. The number of hydrogen-bond acceptors (Lipinski definition) is 3. The molecule has 17 heavy (non-hydrogen) atoms. The first-order valence-corrected chi connectivity index (χ1v) is 7.21. The van der Waals surface area contributed by atoms with Gasteiger partial charge in [0, 0.05) is 23.8 Å². The van der Waals surface area contributed by atoms with Crippen molar-refractivity contribution in [1.29, 1.82) is 0 Å². The summed E-state index contributed by atoms with van der Waals surface area (Å²) in [6, 6.07) is 9.18. The van der Waals surface area contributed by atoms with E-state index in [1.165, 1.54) is 16.9 Å². The smallest absolute Gasteiger partial charge is 0.0556 e. The van der Waals surface area contributed by atoms with Crippen molar-refractivity contribution < 1.29 is 4.74 Å². The van der Waals surface area contributed by atoms with Crippen molar-refractivity contribution in [2.75, 3.05) is 26.0 Å². The minimum atomic E-state index is 0.429.